The molecule has 1 N–H and O–H groups in total. The zero-order valence-corrected chi connectivity index (χ0v) is 15.3. The molecule has 2 nitrogen and oxygen atoms in total. The van der Waals surface area contributed by atoms with Crippen molar-refractivity contribution >= 4 is 23.2 Å². The van der Waals surface area contributed by atoms with Gasteiger partial charge in [0.25, 0.3) is 5.91 Å². The SMILES string of the molecule is Cc1ccc(C(F)(F)F)c(-c2ccc(NC(=O)c3cccc(F)c3Cl)cc2)c1. The first-order valence-corrected chi connectivity index (χ1v) is 8.58. The van der Waals surface area contributed by atoms with Crippen LogP contribution >= 0.6 is 11.6 Å². The Morgan fingerprint density at radius 2 is 1.68 bits per heavy atom. The fourth-order valence-corrected chi connectivity index (χ4v) is 2.97. The van der Waals surface area contributed by atoms with Crippen LogP contribution in [0.3, 0.4) is 0 Å². The predicted octanol–water partition coefficient (Wildman–Crippen LogP) is 6.73. The van der Waals surface area contributed by atoms with Crippen LogP contribution in [0.5, 0.6) is 0 Å². The van der Waals surface area contributed by atoms with Gasteiger partial charge in [-0.05, 0) is 48.4 Å². The van der Waals surface area contributed by atoms with Crippen molar-refractivity contribution < 1.29 is 22.4 Å². The number of carbonyl (C=O) groups is 1. The molecule has 0 fully saturated rings. The summed E-state index contributed by atoms with van der Waals surface area (Å²) in [6, 6.07) is 13.7. The van der Waals surface area contributed by atoms with E-state index in [1.165, 1.54) is 48.5 Å². The van der Waals surface area contributed by atoms with E-state index in [0.717, 1.165) is 12.1 Å². The highest BCUT2D eigenvalue weighted by atomic mass is 35.5. The monoisotopic (exact) mass is 407 g/mol. The van der Waals surface area contributed by atoms with Crippen molar-refractivity contribution in [2.75, 3.05) is 5.32 Å². The third-order valence-electron chi connectivity index (χ3n) is 4.13. The zero-order chi connectivity index (χ0) is 20.5. The van der Waals surface area contributed by atoms with Crippen molar-refractivity contribution in [3.8, 4) is 11.1 Å². The van der Waals surface area contributed by atoms with Crippen LogP contribution in [0.4, 0.5) is 23.2 Å². The molecule has 28 heavy (non-hydrogen) atoms. The Kier molecular flexibility index (Phi) is 5.42. The number of halogens is 5. The van der Waals surface area contributed by atoms with Crippen molar-refractivity contribution in [3.63, 3.8) is 0 Å². The summed E-state index contributed by atoms with van der Waals surface area (Å²) in [5.41, 5.74) is 0.679. The molecule has 0 bridgehead atoms. The lowest BCUT2D eigenvalue weighted by Crippen LogP contribution is -2.13. The summed E-state index contributed by atoms with van der Waals surface area (Å²) in [6.45, 7) is 1.71. The van der Waals surface area contributed by atoms with Crippen LogP contribution in [0.15, 0.2) is 60.7 Å². The molecule has 0 aliphatic carbocycles. The number of rotatable bonds is 3. The molecule has 0 spiro atoms. The maximum Gasteiger partial charge on any atom is 0.417 e. The van der Waals surface area contributed by atoms with E-state index in [1.54, 1.807) is 6.92 Å². The molecule has 144 valence electrons. The number of aryl methyl sites for hydroxylation is 1. The minimum Gasteiger partial charge on any atom is -0.322 e. The fourth-order valence-electron chi connectivity index (χ4n) is 2.75. The van der Waals surface area contributed by atoms with Crippen LogP contribution in [0.25, 0.3) is 11.1 Å². The molecule has 3 aromatic carbocycles. The fraction of sp³-hybridized carbons (Fsp3) is 0.0952. The van der Waals surface area contributed by atoms with Gasteiger partial charge in [0.15, 0.2) is 0 Å². The molecule has 0 saturated heterocycles. The molecule has 1 amide bonds. The average molecular weight is 408 g/mol. The summed E-state index contributed by atoms with van der Waals surface area (Å²) in [7, 11) is 0. The molecule has 0 aliphatic heterocycles. The lowest BCUT2D eigenvalue weighted by Gasteiger charge is -2.14. The largest absolute Gasteiger partial charge is 0.417 e. The highest BCUT2D eigenvalue weighted by Crippen LogP contribution is 2.37. The number of nitrogens with one attached hydrogen (secondary N) is 1. The molecule has 0 unspecified atom stereocenters. The zero-order valence-electron chi connectivity index (χ0n) is 14.6. The van der Waals surface area contributed by atoms with Crippen LogP contribution in [0.2, 0.25) is 5.02 Å². The molecule has 3 aromatic rings. The Labute approximate surface area is 163 Å². The van der Waals surface area contributed by atoms with Gasteiger partial charge < -0.3 is 5.32 Å². The number of benzene rings is 3. The van der Waals surface area contributed by atoms with E-state index < -0.39 is 23.5 Å². The minimum atomic E-state index is -4.48. The van der Waals surface area contributed by atoms with Crippen LogP contribution in [-0.4, -0.2) is 5.91 Å². The number of alkyl halides is 3. The Morgan fingerprint density at radius 1 is 1.00 bits per heavy atom. The molecule has 0 atom stereocenters. The third-order valence-corrected chi connectivity index (χ3v) is 4.51. The summed E-state index contributed by atoms with van der Waals surface area (Å²) in [4.78, 5) is 12.3. The normalized spacial score (nSPS) is 11.4. The van der Waals surface area contributed by atoms with Gasteiger partial charge >= 0.3 is 6.18 Å². The van der Waals surface area contributed by atoms with Gasteiger partial charge in [-0.2, -0.15) is 13.2 Å². The van der Waals surface area contributed by atoms with Gasteiger partial charge in [0.1, 0.15) is 5.82 Å². The van der Waals surface area contributed by atoms with Gasteiger partial charge in [-0.15, -0.1) is 0 Å². The second kappa shape index (κ2) is 7.64. The molecule has 0 saturated carbocycles. The van der Waals surface area contributed by atoms with Gasteiger partial charge in [-0.3, -0.25) is 4.79 Å². The number of anilines is 1. The maximum absolute atomic E-state index is 13.5. The van der Waals surface area contributed by atoms with E-state index in [2.05, 4.69) is 5.32 Å². The lowest BCUT2D eigenvalue weighted by molar-refractivity contribution is -0.137. The second-order valence-electron chi connectivity index (χ2n) is 6.18. The summed E-state index contributed by atoms with van der Waals surface area (Å²) in [5.74, 6) is -1.34. The van der Waals surface area contributed by atoms with Gasteiger partial charge in [0, 0.05) is 5.69 Å². The lowest BCUT2D eigenvalue weighted by atomic mass is 9.97. The predicted molar refractivity (Wildman–Crippen MR) is 101 cm³/mol. The summed E-state index contributed by atoms with van der Waals surface area (Å²) >= 11 is 5.79. The van der Waals surface area contributed by atoms with Gasteiger partial charge in [0.2, 0.25) is 0 Å². The van der Waals surface area contributed by atoms with Gasteiger partial charge in [-0.25, -0.2) is 4.39 Å². The summed E-state index contributed by atoms with van der Waals surface area (Å²) in [6.07, 6.45) is -4.48. The van der Waals surface area contributed by atoms with Crippen molar-refractivity contribution in [1.82, 2.24) is 0 Å². The molecular weight excluding hydrogens is 394 g/mol. The topological polar surface area (TPSA) is 29.1 Å². The Morgan fingerprint density at radius 3 is 2.32 bits per heavy atom. The minimum absolute atomic E-state index is 0.0382. The van der Waals surface area contributed by atoms with E-state index in [-0.39, 0.29) is 16.1 Å². The van der Waals surface area contributed by atoms with Gasteiger partial charge in [-0.1, -0.05) is 47.5 Å². The molecule has 0 aromatic heterocycles. The smallest absolute Gasteiger partial charge is 0.322 e. The van der Waals surface area contributed by atoms with Crippen LogP contribution in [0.1, 0.15) is 21.5 Å². The van der Waals surface area contributed by atoms with E-state index in [1.807, 2.05) is 0 Å². The molecular formula is C21H14ClF4NO. The second-order valence-corrected chi connectivity index (χ2v) is 6.56. The van der Waals surface area contributed by atoms with E-state index >= 15 is 0 Å². The quantitative estimate of drug-likeness (QED) is 0.479. The van der Waals surface area contributed by atoms with Crippen LogP contribution in [-0.2, 0) is 6.18 Å². The van der Waals surface area contributed by atoms with E-state index in [4.69, 9.17) is 11.6 Å². The number of amides is 1. The highest BCUT2D eigenvalue weighted by molar-refractivity contribution is 6.34. The van der Waals surface area contributed by atoms with E-state index in [0.29, 0.717) is 16.8 Å². The Bertz CT molecular complexity index is 1030. The van der Waals surface area contributed by atoms with Crippen molar-refractivity contribution in [3.05, 3.63) is 88.2 Å². The molecule has 0 aliphatic rings. The van der Waals surface area contributed by atoms with Crippen molar-refractivity contribution in [2.24, 2.45) is 0 Å². The van der Waals surface area contributed by atoms with Crippen molar-refractivity contribution in [2.45, 2.75) is 13.1 Å². The number of hydrogen-bond donors (Lipinski definition) is 1. The standard InChI is InChI=1S/C21H14ClF4NO/c1-12-5-10-17(21(24,25)26)16(11-12)13-6-8-14(9-7-13)27-20(28)15-3-2-4-18(23)19(15)22/h2-11H,1H3,(H,27,28). The Balaban J connectivity index is 1.88. The number of carbonyl (C=O) groups excluding carboxylic acids is 1. The van der Waals surface area contributed by atoms with Crippen molar-refractivity contribution in [1.29, 1.82) is 0 Å². The van der Waals surface area contributed by atoms with E-state index in [9.17, 15) is 22.4 Å². The molecule has 0 radical (unpaired) electrons. The molecule has 0 heterocycles. The van der Waals surface area contributed by atoms with Crippen LogP contribution < -0.4 is 5.32 Å². The Hall–Kier alpha value is -2.86. The first-order chi connectivity index (χ1) is 13.2. The molecule has 3 rings (SSSR count). The first-order valence-electron chi connectivity index (χ1n) is 8.20. The highest BCUT2D eigenvalue weighted by Gasteiger charge is 2.33. The van der Waals surface area contributed by atoms with Crippen LogP contribution in [0, 0.1) is 12.7 Å². The average Bonchev–Trinajstić information content (AvgIpc) is 2.63. The number of hydrogen-bond acceptors (Lipinski definition) is 1. The van der Waals surface area contributed by atoms with Gasteiger partial charge in [0.05, 0.1) is 16.1 Å². The third kappa shape index (κ3) is 4.17. The summed E-state index contributed by atoms with van der Waals surface area (Å²) in [5, 5.41) is 2.25. The summed E-state index contributed by atoms with van der Waals surface area (Å²) < 4.78 is 53.3. The molecule has 7 heteroatoms. The first kappa shape index (κ1) is 19.9. The maximum atomic E-state index is 13.5.